The topological polar surface area (TPSA) is 113 Å². The van der Waals surface area contributed by atoms with Crippen molar-refractivity contribution in [1.29, 1.82) is 0 Å². The van der Waals surface area contributed by atoms with Gasteiger partial charge in [-0.3, -0.25) is 9.59 Å². The zero-order valence-electron chi connectivity index (χ0n) is 23.6. The summed E-state index contributed by atoms with van der Waals surface area (Å²) < 4.78 is 6.62. The predicted molar refractivity (Wildman–Crippen MR) is 153 cm³/mol. The van der Waals surface area contributed by atoms with E-state index in [9.17, 15) is 14.4 Å². The number of amides is 2. The van der Waals surface area contributed by atoms with Gasteiger partial charge >= 0.3 is 6.03 Å². The minimum Gasteiger partial charge on any atom is -0.455 e. The van der Waals surface area contributed by atoms with Crippen molar-refractivity contribution in [2.45, 2.75) is 116 Å². The molecule has 0 unspecified atom stereocenters. The van der Waals surface area contributed by atoms with Gasteiger partial charge in [0.15, 0.2) is 16.6 Å². The lowest BCUT2D eigenvalue weighted by atomic mass is 10.1. The molecule has 1 rings (SSSR count). The molecule has 1 heterocycles. The van der Waals surface area contributed by atoms with Crippen LogP contribution in [0.3, 0.4) is 0 Å². The summed E-state index contributed by atoms with van der Waals surface area (Å²) in [5.41, 5.74) is 0.411. The number of nitrogens with one attached hydrogen (secondary N) is 3. The molecule has 3 N–H and O–H groups in total. The normalized spacial score (nSPS) is 11.9. The fourth-order valence-corrected chi connectivity index (χ4v) is 13.4. The molecule has 1 aromatic rings. The lowest BCUT2D eigenvalue weighted by Crippen LogP contribution is -2.44. The van der Waals surface area contributed by atoms with Crippen LogP contribution in [-0.2, 0) is 15.3 Å². The van der Waals surface area contributed by atoms with Gasteiger partial charge in [0.25, 0.3) is 5.56 Å². The van der Waals surface area contributed by atoms with Gasteiger partial charge in [-0.1, -0.05) is 39.0 Å². The SMILES string of the molecule is CCCC[Si](C)(C)O[Si](C)(C)CCCNC(=O)NCCCCCCCC(=O)Cc1nc(C)cc(=O)[nH]1. The second-order valence-corrected chi connectivity index (χ2v) is 19.9. The first-order valence-electron chi connectivity index (χ1n) is 13.7. The number of aromatic amines is 1. The molecule has 0 radical (unpaired) electrons. The van der Waals surface area contributed by atoms with E-state index < -0.39 is 16.6 Å². The third kappa shape index (κ3) is 16.1. The third-order valence-corrected chi connectivity index (χ3v) is 13.7. The van der Waals surface area contributed by atoms with Gasteiger partial charge in [0.2, 0.25) is 0 Å². The van der Waals surface area contributed by atoms with Crippen molar-refractivity contribution in [2.75, 3.05) is 13.1 Å². The second kappa shape index (κ2) is 16.9. The van der Waals surface area contributed by atoms with Gasteiger partial charge in [-0.05, 0) is 64.5 Å². The number of aromatic nitrogens is 2. The first-order chi connectivity index (χ1) is 16.9. The van der Waals surface area contributed by atoms with E-state index in [2.05, 4.69) is 53.7 Å². The Hall–Kier alpha value is -1.79. The number of H-pyrrole nitrogens is 1. The number of carbonyl (C=O) groups excluding carboxylic acids is 2. The molecule has 0 saturated heterocycles. The van der Waals surface area contributed by atoms with Crippen LogP contribution in [0.2, 0.25) is 38.3 Å². The fourth-order valence-electron chi connectivity index (χ4n) is 4.41. The fraction of sp³-hybridized carbons (Fsp3) is 0.769. The molecule has 36 heavy (non-hydrogen) atoms. The van der Waals surface area contributed by atoms with Crippen LogP contribution in [0.15, 0.2) is 10.9 Å². The molecule has 0 aliphatic rings. The zero-order valence-corrected chi connectivity index (χ0v) is 25.6. The van der Waals surface area contributed by atoms with Crippen LogP contribution in [0, 0.1) is 6.92 Å². The van der Waals surface area contributed by atoms with Gasteiger partial charge in [0, 0.05) is 31.3 Å². The molecule has 0 spiro atoms. The second-order valence-electron chi connectivity index (χ2n) is 11.1. The van der Waals surface area contributed by atoms with Crippen molar-refractivity contribution in [2.24, 2.45) is 0 Å². The van der Waals surface area contributed by atoms with Crippen LogP contribution in [-0.4, -0.2) is 51.5 Å². The minimum atomic E-state index is -1.69. The molecule has 2 amide bonds. The highest BCUT2D eigenvalue weighted by Crippen LogP contribution is 2.24. The molecule has 206 valence electrons. The van der Waals surface area contributed by atoms with E-state index in [4.69, 9.17) is 4.12 Å². The van der Waals surface area contributed by atoms with Crippen LogP contribution >= 0.6 is 0 Å². The average molecular weight is 539 g/mol. The summed E-state index contributed by atoms with van der Waals surface area (Å²) in [6.45, 7) is 14.6. The lowest BCUT2D eigenvalue weighted by Gasteiger charge is -2.34. The Morgan fingerprint density at radius 2 is 1.50 bits per heavy atom. The molecule has 8 nitrogen and oxygen atoms in total. The van der Waals surface area contributed by atoms with Crippen molar-refractivity contribution >= 4 is 28.4 Å². The number of rotatable bonds is 19. The van der Waals surface area contributed by atoms with Crippen LogP contribution in [0.1, 0.15) is 76.2 Å². The maximum Gasteiger partial charge on any atom is 0.314 e. The predicted octanol–water partition coefficient (Wildman–Crippen LogP) is 5.45. The van der Waals surface area contributed by atoms with Crippen LogP contribution in [0.5, 0.6) is 0 Å². The van der Waals surface area contributed by atoms with E-state index in [1.54, 1.807) is 6.92 Å². The Kier molecular flexibility index (Phi) is 15.1. The van der Waals surface area contributed by atoms with Crippen LogP contribution in [0.25, 0.3) is 0 Å². The number of Topliss-reactive ketones (excluding diaryl/α,β-unsaturated/α-hetero) is 1. The number of ketones is 1. The van der Waals surface area contributed by atoms with E-state index in [-0.39, 0.29) is 23.8 Å². The summed E-state index contributed by atoms with van der Waals surface area (Å²) in [5.74, 6) is 0.545. The van der Waals surface area contributed by atoms with Crippen molar-refractivity contribution in [3.63, 3.8) is 0 Å². The Morgan fingerprint density at radius 3 is 2.14 bits per heavy atom. The summed E-state index contributed by atoms with van der Waals surface area (Å²) in [6.07, 6.45) is 8.93. The largest absolute Gasteiger partial charge is 0.455 e. The first-order valence-corrected chi connectivity index (χ1v) is 20.0. The quantitative estimate of drug-likeness (QED) is 0.160. The summed E-state index contributed by atoms with van der Waals surface area (Å²) in [5, 5.41) is 5.90. The Balaban J connectivity index is 2.03. The molecule has 0 fully saturated rings. The lowest BCUT2D eigenvalue weighted by molar-refractivity contribution is -0.118. The molecule has 10 heteroatoms. The Morgan fingerprint density at radius 1 is 0.917 bits per heavy atom. The highest BCUT2D eigenvalue weighted by molar-refractivity contribution is 6.84. The van der Waals surface area contributed by atoms with Gasteiger partial charge in [-0.2, -0.15) is 0 Å². The van der Waals surface area contributed by atoms with Crippen LogP contribution < -0.4 is 16.2 Å². The minimum absolute atomic E-state index is 0.0959. The third-order valence-electron chi connectivity index (χ3n) is 6.13. The molecule has 0 atom stereocenters. The molecule has 0 saturated carbocycles. The maximum absolute atomic E-state index is 12.1. The zero-order chi connectivity index (χ0) is 27.0. The van der Waals surface area contributed by atoms with Crippen molar-refractivity contribution in [3.8, 4) is 0 Å². The first kappa shape index (κ1) is 32.2. The van der Waals surface area contributed by atoms with E-state index in [1.807, 2.05) is 0 Å². The van der Waals surface area contributed by atoms with E-state index in [0.717, 1.165) is 44.6 Å². The molecule has 0 aliphatic carbocycles. The number of nitrogens with zero attached hydrogens (tertiary/aromatic N) is 1. The van der Waals surface area contributed by atoms with Crippen molar-refractivity contribution < 1.29 is 13.7 Å². The number of unbranched alkanes of at least 4 members (excludes halogenated alkanes) is 5. The van der Waals surface area contributed by atoms with Gasteiger partial charge in [0.1, 0.15) is 11.6 Å². The molecular weight excluding hydrogens is 488 g/mol. The number of carbonyl (C=O) groups is 2. The maximum atomic E-state index is 12.1. The van der Waals surface area contributed by atoms with E-state index >= 15 is 0 Å². The average Bonchev–Trinajstić information content (AvgIpc) is 2.75. The molecular formula is C26H50N4O4Si2. The number of hydrogen-bond donors (Lipinski definition) is 3. The highest BCUT2D eigenvalue weighted by Gasteiger charge is 2.32. The Labute approximate surface area is 220 Å². The van der Waals surface area contributed by atoms with E-state index in [0.29, 0.717) is 31.0 Å². The standard InChI is InChI=1S/C26H50N4O4Si2/c1-7-8-18-35(3,4)34-36(5,6)19-14-17-28-26(33)27-16-13-11-9-10-12-15-23(31)21-24-29-22(2)20-25(32)30-24/h20H,7-19,21H2,1-6H3,(H2,27,28,33)(H,29,30,32). The van der Waals surface area contributed by atoms with Crippen molar-refractivity contribution in [1.82, 2.24) is 20.6 Å². The molecule has 0 aliphatic heterocycles. The van der Waals surface area contributed by atoms with E-state index in [1.165, 1.54) is 25.0 Å². The number of aryl methyl sites for hydroxylation is 1. The number of hydrogen-bond acceptors (Lipinski definition) is 5. The number of urea groups is 1. The van der Waals surface area contributed by atoms with Crippen molar-refractivity contribution in [3.05, 3.63) is 27.9 Å². The summed E-state index contributed by atoms with van der Waals surface area (Å²) in [7, 11) is -3.26. The monoisotopic (exact) mass is 538 g/mol. The summed E-state index contributed by atoms with van der Waals surface area (Å²) >= 11 is 0. The molecule has 0 aromatic carbocycles. The molecule has 1 aromatic heterocycles. The summed E-state index contributed by atoms with van der Waals surface area (Å²) in [4.78, 5) is 42.4. The van der Waals surface area contributed by atoms with Gasteiger partial charge in [-0.25, -0.2) is 9.78 Å². The van der Waals surface area contributed by atoms with Gasteiger partial charge in [-0.15, -0.1) is 0 Å². The van der Waals surface area contributed by atoms with Gasteiger partial charge < -0.3 is 19.7 Å². The smallest absolute Gasteiger partial charge is 0.314 e. The molecule has 0 bridgehead atoms. The van der Waals surface area contributed by atoms with Gasteiger partial charge in [0.05, 0.1) is 6.42 Å². The van der Waals surface area contributed by atoms with Crippen LogP contribution in [0.4, 0.5) is 4.79 Å². The highest BCUT2D eigenvalue weighted by atomic mass is 28.4. The Bertz CT molecular complexity index is 859. The summed E-state index contributed by atoms with van der Waals surface area (Å²) in [6, 6.07) is 3.62.